The van der Waals surface area contributed by atoms with Crippen molar-refractivity contribution in [3.05, 3.63) is 12.2 Å². The number of carbonyl (C=O) groups excluding carboxylic acids is 1. The lowest BCUT2D eigenvalue weighted by Gasteiger charge is -2.17. The molecule has 1 rings (SSSR count). The monoisotopic (exact) mass is 404 g/mol. The second-order valence-corrected chi connectivity index (χ2v) is 9.28. The van der Waals surface area contributed by atoms with Gasteiger partial charge in [-0.3, -0.25) is 4.79 Å². The molecule has 0 unspecified atom stereocenters. The summed E-state index contributed by atoms with van der Waals surface area (Å²) < 4.78 is 0. The number of aliphatic carboxylic acids is 1. The minimum atomic E-state index is -2.73. The molecule has 0 aromatic rings. The van der Waals surface area contributed by atoms with Crippen molar-refractivity contribution in [1.82, 2.24) is 0 Å². The number of Topliss-reactive ketones (excluding diaryl/α,β-unsaturated/α-hetero) is 1. The summed E-state index contributed by atoms with van der Waals surface area (Å²) in [5.41, 5.74) is 0. The molecule has 0 aromatic carbocycles. The van der Waals surface area contributed by atoms with Crippen molar-refractivity contribution in [3.63, 3.8) is 0 Å². The van der Waals surface area contributed by atoms with E-state index in [0.717, 1.165) is 18.8 Å². The van der Waals surface area contributed by atoms with Gasteiger partial charge >= 0.3 is 11.1 Å². The highest BCUT2D eigenvalue weighted by molar-refractivity contribution is 8.01. The van der Waals surface area contributed by atoms with Crippen molar-refractivity contribution < 1.29 is 24.9 Å². The van der Waals surface area contributed by atoms with Crippen molar-refractivity contribution in [1.29, 1.82) is 0 Å². The van der Waals surface area contributed by atoms with E-state index in [4.69, 9.17) is 5.11 Å². The van der Waals surface area contributed by atoms with Crippen LogP contribution in [0.5, 0.6) is 0 Å². The Bertz CT molecular complexity index is 475. The van der Waals surface area contributed by atoms with E-state index >= 15 is 0 Å². The fraction of sp³-hybridized carbons (Fsp3) is 0.789. The number of carboxylic acid groups (broad SMARTS) is 1. The summed E-state index contributed by atoms with van der Waals surface area (Å²) in [4.78, 5) is 22.7. The molecule has 1 saturated carbocycles. The minimum absolute atomic E-state index is 0.0168. The van der Waals surface area contributed by atoms with Gasteiger partial charge in [0.05, 0.1) is 5.25 Å². The zero-order valence-electron chi connectivity index (χ0n) is 15.7. The standard InChI is InChI=1S/C19H32O5S2/c1-3-14(4-2)8-5-6-9-15-10-11-16(20)17(15)25-12-7-13-26-19(23,24)18(21)22/h6,9,14-15,17,23-24H,3-5,7-8,10-13H2,1-2H3,(H,21,22)/b9-6+/t15-,17+/m0/s1. The lowest BCUT2D eigenvalue weighted by atomic mass is 9.97. The molecule has 0 bridgehead atoms. The van der Waals surface area contributed by atoms with Gasteiger partial charge < -0.3 is 15.3 Å². The van der Waals surface area contributed by atoms with Gasteiger partial charge in [0.2, 0.25) is 0 Å². The fourth-order valence-corrected chi connectivity index (χ4v) is 5.32. The van der Waals surface area contributed by atoms with E-state index in [2.05, 4.69) is 26.0 Å². The maximum absolute atomic E-state index is 12.1. The highest BCUT2D eigenvalue weighted by atomic mass is 32.2. The topological polar surface area (TPSA) is 94.8 Å². The maximum atomic E-state index is 12.1. The predicted octanol–water partition coefficient (Wildman–Crippen LogP) is 3.69. The molecule has 2 atom stereocenters. The van der Waals surface area contributed by atoms with Crippen molar-refractivity contribution in [2.75, 3.05) is 11.5 Å². The molecule has 0 amide bonds. The van der Waals surface area contributed by atoms with Crippen molar-refractivity contribution in [2.24, 2.45) is 11.8 Å². The summed E-state index contributed by atoms with van der Waals surface area (Å²) in [6.45, 7) is 4.46. The highest BCUT2D eigenvalue weighted by Crippen LogP contribution is 2.34. The van der Waals surface area contributed by atoms with Crippen molar-refractivity contribution in [2.45, 2.75) is 69.2 Å². The first-order chi connectivity index (χ1) is 12.3. The van der Waals surface area contributed by atoms with Gasteiger partial charge in [-0.15, -0.1) is 11.8 Å². The molecule has 0 heterocycles. The number of allylic oxidation sites excluding steroid dienone is 2. The summed E-state index contributed by atoms with van der Waals surface area (Å²) in [6, 6.07) is 0. The van der Waals surface area contributed by atoms with E-state index in [9.17, 15) is 19.8 Å². The summed E-state index contributed by atoms with van der Waals surface area (Å²) in [6.07, 6.45) is 11.3. The molecule has 0 spiro atoms. The van der Waals surface area contributed by atoms with E-state index < -0.39 is 11.1 Å². The molecule has 1 aliphatic rings. The van der Waals surface area contributed by atoms with Gasteiger partial charge in [-0.1, -0.05) is 50.6 Å². The van der Waals surface area contributed by atoms with Gasteiger partial charge in [0, 0.05) is 6.42 Å². The zero-order valence-corrected chi connectivity index (χ0v) is 17.4. The number of carboxylic acids is 1. The van der Waals surface area contributed by atoms with E-state index in [1.807, 2.05) is 0 Å². The van der Waals surface area contributed by atoms with Crippen LogP contribution in [0.15, 0.2) is 12.2 Å². The van der Waals surface area contributed by atoms with Gasteiger partial charge in [0.15, 0.2) is 0 Å². The van der Waals surface area contributed by atoms with E-state index in [-0.39, 0.29) is 11.2 Å². The minimum Gasteiger partial charge on any atom is -0.477 e. The number of ketones is 1. The van der Waals surface area contributed by atoms with Crippen LogP contribution in [-0.4, -0.2) is 48.9 Å². The largest absolute Gasteiger partial charge is 0.477 e. The summed E-state index contributed by atoms with van der Waals surface area (Å²) in [5.74, 6) is 0.737. The average Bonchev–Trinajstić information content (AvgIpc) is 2.94. The number of hydrogen-bond acceptors (Lipinski definition) is 6. The Labute approximate surface area is 165 Å². The van der Waals surface area contributed by atoms with Crippen LogP contribution in [0, 0.1) is 11.8 Å². The molecular weight excluding hydrogens is 372 g/mol. The van der Waals surface area contributed by atoms with Gasteiger partial charge in [0.1, 0.15) is 5.78 Å². The maximum Gasteiger partial charge on any atom is 0.375 e. The molecule has 7 heteroatoms. The third-order valence-electron chi connectivity index (χ3n) is 4.88. The van der Waals surface area contributed by atoms with Crippen LogP contribution in [0.1, 0.15) is 58.8 Å². The molecule has 26 heavy (non-hydrogen) atoms. The quantitative estimate of drug-likeness (QED) is 0.245. The van der Waals surface area contributed by atoms with E-state index in [1.165, 1.54) is 19.3 Å². The molecule has 3 N–H and O–H groups in total. The van der Waals surface area contributed by atoms with Crippen LogP contribution in [0.25, 0.3) is 0 Å². The van der Waals surface area contributed by atoms with Crippen LogP contribution in [0.2, 0.25) is 0 Å². The van der Waals surface area contributed by atoms with Crippen LogP contribution in [-0.2, 0) is 9.59 Å². The lowest BCUT2D eigenvalue weighted by Crippen LogP contribution is -2.34. The number of rotatable bonds is 13. The summed E-state index contributed by atoms with van der Waals surface area (Å²) in [7, 11) is 0. The van der Waals surface area contributed by atoms with Crippen LogP contribution in [0.3, 0.4) is 0 Å². The first-order valence-corrected chi connectivity index (χ1v) is 11.5. The van der Waals surface area contributed by atoms with E-state index in [0.29, 0.717) is 41.9 Å². The predicted molar refractivity (Wildman–Crippen MR) is 108 cm³/mol. The van der Waals surface area contributed by atoms with Gasteiger partial charge in [0.25, 0.3) is 0 Å². The van der Waals surface area contributed by atoms with Gasteiger partial charge in [-0.2, -0.15) is 0 Å². The van der Waals surface area contributed by atoms with Crippen molar-refractivity contribution in [3.8, 4) is 0 Å². The first kappa shape index (κ1) is 23.5. The fourth-order valence-electron chi connectivity index (χ4n) is 3.10. The number of thioether (sulfide) groups is 2. The molecule has 1 fully saturated rings. The second kappa shape index (κ2) is 12.1. The Hall–Kier alpha value is -0.500. The van der Waals surface area contributed by atoms with Gasteiger partial charge in [-0.25, -0.2) is 4.79 Å². The zero-order chi connectivity index (χ0) is 19.6. The summed E-state index contributed by atoms with van der Waals surface area (Å²) in [5, 5.41) is 24.3. The Kier molecular flexibility index (Phi) is 10.9. The molecule has 0 radical (unpaired) electrons. The SMILES string of the molecule is CCC(CC)CC/C=C/[C@H]1CCC(=O)[C@@H]1SCCCSC(O)(O)C(=O)O. The molecular formula is C19H32O5S2. The van der Waals surface area contributed by atoms with E-state index in [1.54, 1.807) is 11.8 Å². The molecule has 5 nitrogen and oxygen atoms in total. The number of carbonyl (C=O) groups is 2. The Balaban J connectivity index is 2.32. The first-order valence-electron chi connectivity index (χ1n) is 9.44. The van der Waals surface area contributed by atoms with Crippen LogP contribution >= 0.6 is 23.5 Å². The smallest absolute Gasteiger partial charge is 0.375 e. The lowest BCUT2D eigenvalue weighted by molar-refractivity contribution is -0.174. The normalized spacial score (nSPS) is 21.2. The summed E-state index contributed by atoms with van der Waals surface area (Å²) >= 11 is 2.20. The Morgan fingerprint density at radius 2 is 2.00 bits per heavy atom. The second-order valence-electron chi connectivity index (χ2n) is 6.76. The van der Waals surface area contributed by atoms with Crippen LogP contribution in [0.4, 0.5) is 0 Å². The Morgan fingerprint density at radius 1 is 1.31 bits per heavy atom. The molecule has 150 valence electrons. The molecule has 0 aliphatic heterocycles. The third kappa shape index (κ3) is 8.03. The number of aliphatic hydroxyl groups is 2. The third-order valence-corrected chi connectivity index (χ3v) is 7.44. The Morgan fingerprint density at radius 3 is 2.62 bits per heavy atom. The molecule has 1 aliphatic carbocycles. The molecule has 0 saturated heterocycles. The van der Waals surface area contributed by atoms with Gasteiger partial charge in [-0.05, 0) is 49.0 Å². The average molecular weight is 405 g/mol. The molecule has 0 aromatic heterocycles. The highest BCUT2D eigenvalue weighted by Gasteiger charge is 2.34. The van der Waals surface area contributed by atoms with Crippen molar-refractivity contribution >= 4 is 35.3 Å². The number of hydrogen-bond donors (Lipinski definition) is 3. The van der Waals surface area contributed by atoms with Crippen LogP contribution < -0.4 is 0 Å².